The van der Waals surface area contributed by atoms with Crippen LogP contribution in [-0.4, -0.2) is 19.9 Å². The van der Waals surface area contributed by atoms with Crippen LogP contribution in [0.5, 0.6) is 0 Å². The average molecular weight is 207 g/mol. The van der Waals surface area contributed by atoms with Crippen LogP contribution in [0.1, 0.15) is 30.0 Å². The maximum absolute atomic E-state index is 6.01. The zero-order valence-corrected chi connectivity index (χ0v) is 8.71. The van der Waals surface area contributed by atoms with Gasteiger partial charge >= 0.3 is 0 Å². The Hall–Kier alpha value is -1.69. The largest absolute Gasteiger partial charge is 0.343 e. The minimum atomic E-state index is -0.368. The smallest absolute Gasteiger partial charge is 0.213 e. The van der Waals surface area contributed by atoms with Gasteiger partial charge in [-0.05, 0) is 6.42 Å². The van der Waals surface area contributed by atoms with Crippen LogP contribution < -0.4 is 5.73 Å². The van der Waals surface area contributed by atoms with Gasteiger partial charge in [-0.3, -0.25) is 4.68 Å². The quantitative estimate of drug-likeness (QED) is 0.788. The van der Waals surface area contributed by atoms with Crippen LogP contribution >= 0.6 is 0 Å². The van der Waals surface area contributed by atoms with Gasteiger partial charge in [-0.1, -0.05) is 12.1 Å². The normalized spacial score (nSPS) is 13.0. The summed E-state index contributed by atoms with van der Waals surface area (Å²) in [6.07, 6.45) is 4.00. The van der Waals surface area contributed by atoms with E-state index in [1.165, 1.54) is 6.39 Å². The molecule has 0 saturated heterocycles. The molecule has 0 fully saturated rings. The van der Waals surface area contributed by atoms with Crippen LogP contribution in [0.2, 0.25) is 0 Å². The van der Waals surface area contributed by atoms with Gasteiger partial charge in [-0.2, -0.15) is 10.1 Å². The molecular weight excluding hydrogens is 194 g/mol. The Morgan fingerprint density at radius 1 is 1.60 bits per heavy atom. The van der Waals surface area contributed by atoms with Crippen LogP contribution in [0.15, 0.2) is 17.1 Å². The lowest BCUT2D eigenvalue weighted by Gasteiger charge is -2.05. The second kappa shape index (κ2) is 3.82. The third-order valence-electron chi connectivity index (χ3n) is 2.26. The minimum absolute atomic E-state index is 0.368. The summed E-state index contributed by atoms with van der Waals surface area (Å²) in [4.78, 5) is 3.94. The summed E-state index contributed by atoms with van der Waals surface area (Å²) in [6, 6.07) is -0.368. The molecule has 2 aromatic heterocycles. The van der Waals surface area contributed by atoms with E-state index in [9.17, 15) is 0 Å². The minimum Gasteiger partial charge on any atom is -0.343 e. The number of hydrogen-bond donors (Lipinski definition) is 1. The molecule has 0 spiro atoms. The Kier molecular flexibility index (Phi) is 2.51. The maximum atomic E-state index is 6.01. The van der Waals surface area contributed by atoms with Gasteiger partial charge in [0.2, 0.25) is 6.39 Å². The van der Waals surface area contributed by atoms with Crippen LogP contribution in [0.25, 0.3) is 0 Å². The van der Waals surface area contributed by atoms with Crippen molar-refractivity contribution in [2.45, 2.75) is 19.4 Å². The molecule has 0 amide bonds. The first-order valence-electron chi connectivity index (χ1n) is 4.76. The van der Waals surface area contributed by atoms with Crippen molar-refractivity contribution in [1.82, 2.24) is 19.9 Å². The van der Waals surface area contributed by atoms with E-state index >= 15 is 0 Å². The molecule has 6 nitrogen and oxygen atoms in total. The van der Waals surface area contributed by atoms with E-state index in [0.717, 1.165) is 17.7 Å². The van der Waals surface area contributed by atoms with E-state index in [1.54, 1.807) is 4.68 Å². The summed E-state index contributed by atoms with van der Waals surface area (Å²) < 4.78 is 6.41. The molecule has 2 heterocycles. The highest BCUT2D eigenvalue weighted by molar-refractivity contribution is 5.25. The Morgan fingerprint density at radius 2 is 2.40 bits per heavy atom. The predicted octanol–water partition coefficient (Wildman–Crippen LogP) is 0.414. The second-order valence-electron chi connectivity index (χ2n) is 3.33. The van der Waals surface area contributed by atoms with Gasteiger partial charge in [-0.15, -0.1) is 0 Å². The number of aryl methyl sites for hydroxylation is 2. The molecule has 0 aliphatic rings. The van der Waals surface area contributed by atoms with Crippen LogP contribution in [0.3, 0.4) is 0 Å². The SMILES string of the molecule is CCc1nn(C)cc1C(N)c1ncon1. The van der Waals surface area contributed by atoms with Crippen molar-refractivity contribution in [3.63, 3.8) is 0 Å². The lowest BCUT2D eigenvalue weighted by atomic mass is 10.1. The fourth-order valence-electron chi connectivity index (χ4n) is 1.54. The fourth-order valence-corrected chi connectivity index (χ4v) is 1.54. The van der Waals surface area contributed by atoms with Gasteiger partial charge < -0.3 is 10.3 Å². The molecule has 2 aromatic rings. The van der Waals surface area contributed by atoms with Gasteiger partial charge in [0, 0.05) is 18.8 Å². The van der Waals surface area contributed by atoms with Crippen LogP contribution in [0.4, 0.5) is 0 Å². The topological polar surface area (TPSA) is 82.8 Å². The first-order chi connectivity index (χ1) is 7.22. The lowest BCUT2D eigenvalue weighted by molar-refractivity contribution is 0.407. The van der Waals surface area contributed by atoms with Gasteiger partial charge in [0.05, 0.1) is 11.7 Å². The summed E-state index contributed by atoms with van der Waals surface area (Å²) in [5.41, 5.74) is 7.93. The zero-order valence-electron chi connectivity index (χ0n) is 8.71. The van der Waals surface area contributed by atoms with Crippen LogP contribution in [-0.2, 0) is 13.5 Å². The highest BCUT2D eigenvalue weighted by atomic mass is 16.5. The molecule has 80 valence electrons. The molecule has 0 aliphatic heterocycles. The van der Waals surface area contributed by atoms with E-state index in [2.05, 4.69) is 19.8 Å². The van der Waals surface area contributed by atoms with Crippen molar-refractivity contribution in [2.75, 3.05) is 0 Å². The fraction of sp³-hybridized carbons (Fsp3) is 0.444. The molecular formula is C9H13N5O. The standard InChI is InChI=1S/C9H13N5O/c1-3-7-6(4-14(2)12-7)8(10)9-11-5-15-13-9/h4-5,8H,3,10H2,1-2H3. The molecule has 0 bridgehead atoms. The summed E-state index contributed by atoms with van der Waals surface area (Å²) in [5, 5.41) is 8.04. The van der Waals surface area contributed by atoms with Gasteiger partial charge in [0.1, 0.15) is 0 Å². The molecule has 0 saturated carbocycles. The Bertz CT molecular complexity index is 433. The summed E-state index contributed by atoms with van der Waals surface area (Å²) in [5.74, 6) is 0.484. The van der Waals surface area contributed by atoms with Crippen LogP contribution in [0, 0.1) is 0 Å². The molecule has 0 aromatic carbocycles. The number of aromatic nitrogens is 4. The number of rotatable bonds is 3. The summed E-state index contributed by atoms with van der Waals surface area (Å²) >= 11 is 0. The average Bonchev–Trinajstić information content (AvgIpc) is 2.84. The molecule has 6 heteroatoms. The second-order valence-corrected chi connectivity index (χ2v) is 3.33. The molecule has 1 unspecified atom stereocenters. The number of nitrogens with zero attached hydrogens (tertiary/aromatic N) is 4. The monoisotopic (exact) mass is 207 g/mol. The molecule has 1 atom stereocenters. The van der Waals surface area contributed by atoms with Crippen molar-refractivity contribution >= 4 is 0 Å². The number of nitrogens with two attached hydrogens (primary N) is 1. The number of hydrogen-bond acceptors (Lipinski definition) is 5. The van der Waals surface area contributed by atoms with Gasteiger partial charge in [0.25, 0.3) is 0 Å². The van der Waals surface area contributed by atoms with E-state index in [1.807, 2.05) is 20.2 Å². The molecule has 15 heavy (non-hydrogen) atoms. The molecule has 2 rings (SSSR count). The van der Waals surface area contributed by atoms with E-state index in [4.69, 9.17) is 5.73 Å². The van der Waals surface area contributed by atoms with Crippen molar-refractivity contribution in [3.05, 3.63) is 29.7 Å². The van der Waals surface area contributed by atoms with Crippen molar-refractivity contribution in [2.24, 2.45) is 12.8 Å². The highest BCUT2D eigenvalue weighted by Crippen LogP contribution is 2.19. The first-order valence-corrected chi connectivity index (χ1v) is 4.76. The molecule has 2 N–H and O–H groups in total. The lowest BCUT2D eigenvalue weighted by Crippen LogP contribution is -2.14. The highest BCUT2D eigenvalue weighted by Gasteiger charge is 2.19. The molecule has 0 aliphatic carbocycles. The Balaban J connectivity index is 2.36. The third kappa shape index (κ3) is 1.75. The van der Waals surface area contributed by atoms with E-state index in [-0.39, 0.29) is 6.04 Å². The van der Waals surface area contributed by atoms with Gasteiger partial charge in [-0.25, -0.2) is 0 Å². The van der Waals surface area contributed by atoms with E-state index < -0.39 is 0 Å². The first kappa shape index (κ1) is 9.85. The van der Waals surface area contributed by atoms with Crippen molar-refractivity contribution in [3.8, 4) is 0 Å². The third-order valence-corrected chi connectivity index (χ3v) is 2.26. The Labute approximate surface area is 87.1 Å². The zero-order chi connectivity index (χ0) is 10.8. The summed E-state index contributed by atoms with van der Waals surface area (Å²) in [7, 11) is 1.87. The maximum Gasteiger partial charge on any atom is 0.213 e. The molecule has 0 radical (unpaired) electrons. The predicted molar refractivity (Wildman–Crippen MR) is 52.9 cm³/mol. The van der Waals surface area contributed by atoms with Crippen molar-refractivity contribution < 1.29 is 4.52 Å². The van der Waals surface area contributed by atoms with E-state index in [0.29, 0.717) is 5.82 Å². The van der Waals surface area contributed by atoms with Gasteiger partial charge in [0.15, 0.2) is 5.82 Å². The van der Waals surface area contributed by atoms with Crippen molar-refractivity contribution in [1.29, 1.82) is 0 Å². The Morgan fingerprint density at radius 3 is 3.00 bits per heavy atom. The summed E-state index contributed by atoms with van der Waals surface area (Å²) in [6.45, 7) is 2.04.